The van der Waals surface area contributed by atoms with Crippen LogP contribution in [0.2, 0.25) is 0 Å². The molecule has 1 unspecified atom stereocenters. The summed E-state index contributed by atoms with van der Waals surface area (Å²) in [5, 5.41) is 0. The first-order valence-electron chi connectivity index (χ1n) is 11.5. The Morgan fingerprint density at radius 3 is 1.91 bits per heavy atom. The SMILES string of the molecule is CCCCCc1ccc(-c2ccc(-c3ncc(C(=O)C(C(=O)OCC)C(F)(F)F)cn3)cc2)cc1. The molecule has 0 aliphatic carbocycles. The third-order valence-corrected chi connectivity index (χ3v) is 5.55. The first kappa shape index (κ1) is 26.1. The monoisotopic (exact) mass is 484 g/mol. The lowest BCUT2D eigenvalue weighted by molar-refractivity contribution is -0.187. The fraction of sp³-hybridized carbons (Fsp3) is 0.333. The van der Waals surface area contributed by atoms with Crippen LogP contribution in [0.3, 0.4) is 0 Å². The fourth-order valence-corrected chi connectivity index (χ4v) is 3.64. The van der Waals surface area contributed by atoms with Gasteiger partial charge < -0.3 is 4.74 Å². The van der Waals surface area contributed by atoms with Crippen LogP contribution in [0.15, 0.2) is 60.9 Å². The lowest BCUT2D eigenvalue weighted by Crippen LogP contribution is -2.38. The van der Waals surface area contributed by atoms with Crippen LogP contribution >= 0.6 is 0 Å². The molecule has 35 heavy (non-hydrogen) atoms. The Hall–Kier alpha value is -3.55. The Morgan fingerprint density at radius 2 is 1.40 bits per heavy atom. The third-order valence-electron chi connectivity index (χ3n) is 5.55. The van der Waals surface area contributed by atoms with Gasteiger partial charge in [-0.3, -0.25) is 9.59 Å². The smallest absolute Gasteiger partial charge is 0.409 e. The number of nitrogens with zero attached hydrogens (tertiary/aromatic N) is 2. The van der Waals surface area contributed by atoms with Gasteiger partial charge in [0.05, 0.1) is 12.2 Å². The van der Waals surface area contributed by atoms with Crippen molar-refractivity contribution in [3.63, 3.8) is 0 Å². The highest BCUT2D eigenvalue weighted by Gasteiger charge is 2.51. The molecule has 0 saturated carbocycles. The largest absolute Gasteiger partial charge is 0.465 e. The molecule has 3 rings (SSSR count). The van der Waals surface area contributed by atoms with E-state index in [1.165, 1.54) is 31.7 Å². The van der Waals surface area contributed by atoms with E-state index in [1.807, 2.05) is 12.1 Å². The highest BCUT2D eigenvalue weighted by atomic mass is 19.4. The summed E-state index contributed by atoms with van der Waals surface area (Å²) in [4.78, 5) is 32.1. The maximum atomic E-state index is 13.3. The molecule has 3 aromatic rings. The molecule has 8 heteroatoms. The number of esters is 1. The second-order valence-electron chi connectivity index (χ2n) is 8.12. The van der Waals surface area contributed by atoms with E-state index in [0.717, 1.165) is 29.9 Å². The second-order valence-corrected chi connectivity index (χ2v) is 8.12. The summed E-state index contributed by atoms with van der Waals surface area (Å²) in [6.07, 6.45) is 1.55. The molecule has 1 atom stereocenters. The van der Waals surface area contributed by atoms with Gasteiger partial charge in [-0.05, 0) is 36.5 Å². The summed E-state index contributed by atoms with van der Waals surface area (Å²) >= 11 is 0. The number of carbonyl (C=O) groups excluding carboxylic acids is 2. The first-order chi connectivity index (χ1) is 16.7. The van der Waals surface area contributed by atoms with E-state index in [9.17, 15) is 22.8 Å². The van der Waals surface area contributed by atoms with Crippen molar-refractivity contribution in [3.05, 3.63) is 72.1 Å². The van der Waals surface area contributed by atoms with Gasteiger partial charge in [-0.1, -0.05) is 68.3 Å². The highest BCUT2D eigenvalue weighted by molar-refractivity contribution is 6.09. The Morgan fingerprint density at radius 1 is 0.857 bits per heavy atom. The van der Waals surface area contributed by atoms with E-state index in [2.05, 4.69) is 45.9 Å². The van der Waals surface area contributed by atoms with Crippen LogP contribution in [0.25, 0.3) is 22.5 Å². The molecule has 0 N–H and O–H groups in total. The predicted octanol–water partition coefficient (Wildman–Crippen LogP) is 6.47. The summed E-state index contributed by atoms with van der Waals surface area (Å²) in [7, 11) is 0. The minimum Gasteiger partial charge on any atom is -0.465 e. The average Bonchev–Trinajstić information content (AvgIpc) is 2.84. The molecule has 0 amide bonds. The van der Waals surface area contributed by atoms with E-state index in [4.69, 9.17) is 0 Å². The number of ether oxygens (including phenoxy) is 1. The first-order valence-corrected chi connectivity index (χ1v) is 11.5. The van der Waals surface area contributed by atoms with Gasteiger partial charge >= 0.3 is 12.1 Å². The van der Waals surface area contributed by atoms with Crippen LogP contribution in [-0.2, 0) is 16.0 Å². The zero-order valence-corrected chi connectivity index (χ0v) is 19.6. The lowest BCUT2D eigenvalue weighted by atomic mass is 9.99. The van der Waals surface area contributed by atoms with E-state index < -0.39 is 29.4 Å². The van der Waals surface area contributed by atoms with Crippen molar-refractivity contribution >= 4 is 11.8 Å². The van der Waals surface area contributed by atoms with Crippen LogP contribution in [0.1, 0.15) is 49.0 Å². The summed E-state index contributed by atoms with van der Waals surface area (Å²) in [6.45, 7) is 3.27. The van der Waals surface area contributed by atoms with E-state index in [1.54, 1.807) is 12.1 Å². The quantitative estimate of drug-likeness (QED) is 0.143. The number of ketones is 1. The van der Waals surface area contributed by atoms with Crippen LogP contribution in [-0.4, -0.2) is 34.5 Å². The zero-order chi connectivity index (χ0) is 25.4. The summed E-state index contributed by atoms with van der Waals surface area (Å²) < 4.78 is 44.3. The van der Waals surface area contributed by atoms with Crippen LogP contribution in [0.5, 0.6) is 0 Å². The molecule has 0 bridgehead atoms. The van der Waals surface area contributed by atoms with Gasteiger partial charge in [0, 0.05) is 18.0 Å². The van der Waals surface area contributed by atoms with E-state index >= 15 is 0 Å². The number of hydrogen-bond acceptors (Lipinski definition) is 5. The molecule has 0 radical (unpaired) electrons. The number of hydrogen-bond donors (Lipinski definition) is 0. The predicted molar refractivity (Wildman–Crippen MR) is 127 cm³/mol. The van der Waals surface area contributed by atoms with Gasteiger partial charge in [0.25, 0.3) is 0 Å². The maximum Gasteiger partial charge on any atom is 0.409 e. The van der Waals surface area contributed by atoms with Gasteiger partial charge in [0.15, 0.2) is 11.6 Å². The van der Waals surface area contributed by atoms with Crippen LogP contribution in [0, 0.1) is 5.92 Å². The summed E-state index contributed by atoms with van der Waals surface area (Å²) in [5.74, 6) is -5.75. The Labute approximate surface area is 202 Å². The number of carbonyl (C=O) groups is 2. The molecule has 2 aromatic carbocycles. The van der Waals surface area contributed by atoms with Gasteiger partial charge in [-0.2, -0.15) is 13.2 Å². The Balaban J connectivity index is 1.72. The molecular formula is C27H27F3N2O3. The number of aromatic nitrogens is 2. The molecule has 1 aromatic heterocycles. The molecule has 0 aliphatic rings. The molecule has 5 nitrogen and oxygen atoms in total. The number of rotatable bonds is 10. The van der Waals surface area contributed by atoms with Crippen LogP contribution in [0.4, 0.5) is 13.2 Å². The molecule has 0 aliphatic heterocycles. The highest BCUT2D eigenvalue weighted by Crippen LogP contribution is 2.30. The normalized spacial score (nSPS) is 12.3. The van der Waals surface area contributed by atoms with Gasteiger partial charge in [0.2, 0.25) is 5.92 Å². The van der Waals surface area contributed by atoms with Crippen molar-refractivity contribution in [2.45, 2.75) is 45.7 Å². The number of halogens is 3. The Bertz CT molecular complexity index is 1130. The van der Waals surface area contributed by atoms with Gasteiger partial charge in [-0.15, -0.1) is 0 Å². The van der Waals surface area contributed by atoms with Crippen molar-refractivity contribution in [2.24, 2.45) is 5.92 Å². The third kappa shape index (κ3) is 6.74. The van der Waals surface area contributed by atoms with E-state index in [0.29, 0.717) is 5.56 Å². The van der Waals surface area contributed by atoms with Crippen molar-refractivity contribution < 1.29 is 27.5 Å². The Kier molecular flexibility index (Phi) is 8.73. The topological polar surface area (TPSA) is 69.2 Å². The standard InChI is InChI=1S/C27H27F3N2O3/c1-3-5-6-7-18-8-10-19(11-9-18)20-12-14-21(15-13-20)25-31-16-22(17-32-25)24(33)23(27(28,29)30)26(34)35-4-2/h8-17,23H,3-7H2,1-2H3. The van der Waals surface area contributed by atoms with Crippen LogP contribution < -0.4 is 0 Å². The maximum absolute atomic E-state index is 13.3. The number of alkyl halides is 3. The van der Waals surface area contributed by atoms with Gasteiger partial charge in [0.1, 0.15) is 0 Å². The number of aryl methyl sites for hydroxylation is 1. The molecular weight excluding hydrogens is 457 g/mol. The van der Waals surface area contributed by atoms with Crippen molar-refractivity contribution in [1.29, 1.82) is 0 Å². The van der Waals surface area contributed by atoms with Gasteiger partial charge in [-0.25, -0.2) is 9.97 Å². The molecule has 0 fully saturated rings. The number of benzene rings is 2. The second kappa shape index (κ2) is 11.7. The number of Topliss-reactive ketones (excluding diaryl/α,β-unsaturated/α-hetero) is 1. The zero-order valence-electron chi connectivity index (χ0n) is 19.6. The summed E-state index contributed by atoms with van der Waals surface area (Å²) in [6, 6.07) is 15.8. The fourth-order valence-electron chi connectivity index (χ4n) is 3.64. The minimum atomic E-state index is -5.08. The van der Waals surface area contributed by atoms with E-state index in [-0.39, 0.29) is 12.4 Å². The molecule has 0 saturated heterocycles. The molecule has 1 heterocycles. The minimum absolute atomic E-state index is 0.249. The lowest BCUT2D eigenvalue weighted by Gasteiger charge is -2.17. The van der Waals surface area contributed by atoms with Crippen molar-refractivity contribution in [3.8, 4) is 22.5 Å². The molecule has 184 valence electrons. The van der Waals surface area contributed by atoms with Crippen molar-refractivity contribution in [2.75, 3.05) is 6.61 Å². The van der Waals surface area contributed by atoms with Crippen molar-refractivity contribution in [1.82, 2.24) is 9.97 Å². The number of unbranched alkanes of at least 4 members (excludes halogenated alkanes) is 2. The average molecular weight is 485 g/mol. The summed E-state index contributed by atoms with van der Waals surface area (Å²) in [5.41, 5.74) is 3.59. The molecule has 0 spiro atoms.